The highest BCUT2D eigenvalue weighted by molar-refractivity contribution is 7.09. The number of aromatic nitrogens is 1. The average molecular weight is 285 g/mol. The van der Waals surface area contributed by atoms with Gasteiger partial charge < -0.3 is 15.4 Å². The van der Waals surface area contributed by atoms with E-state index in [1.807, 2.05) is 13.8 Å². The molecule has 6 heteroatoms. The van der Waals surface area contributed by atoms with Crippen molar-refractivity contribution in [2.24, 2.45) is 0 Å². The van der Waals surface area contributed by atoms with Gasteiger partial charge in [-0.1, -0.05) is 0 Å². The van der Waals surface area contributed by atoms with Gasteiger partial charge in [0.25, 0.3) is 0 Å². The number of amides is 1. The van der Waals surface area contributed by atoms with Crippen LogP contribution in [0.1, 0.15) is 24.0 Å². The van der Waals surface area contributed by atoms with Crippen LogP contribution >= 0.6 is 11.3 Å². The Morgan fingerprint density at radius 2 is 2.32 bits per heavy atom. The van der Waals surface area contributed by atoms with Crippen molar-refractivity contribution in [1.29, 1.82) is 0 Å². The highest BCUT2D eigenvalue weighted by atomic mass is 32.1. The summed E-state index contributed by atoms with van der Waals surface area (Å²) in [6.45, 7) is 5.96. The second-order valence-electron chi connectivity index (χ2n) is 4.42. The van der Waals surface area contributed by atoms with Crippen LogP contribution in [-0.4, -0.2) is 43.7 Å². The van der Waals surface area contributed by atoms with Gasteiger partial charge >= 0.3 is 0 Å². The van der Waals surface area contributed by atoms with Gasteiger partial charge in [0.1, 0.15) is 0 Å². The number of rotatable bonds is 9. The molecule has 5 nitrogen and oxygen atoms in total. The molecule has 1 aromatic rings. The molecule has 0 bridgehead atoms. The standard InChI is InChI=1S/C13H23N3O2S/c1-10(13(17)15-6-4-8-18-3)14-7-5-12-9-19-11(2)16-12/h9-10,14H,4-8H2,1-3H3,(H,15,17). The first kappa shape index (κ1) is 16.1. The average Bonchev–Trinajstić information content (AvgIpc) is 2.80. The van der Waals surface area contributed by atoms with Gasteiger partial charge in [0.15, 0.2) is 0 Å². The van der Waals surface area contributed by atoms with Gasteiger partial charge in [-0.05, 0) is 20.3 Å². The van der Waals surface area contributed by atoms with Crippen LogP contribution in [0.5, 0.6) is 0 Å². The molecular formula is C13H23N3O2S. The number of carbonyl (C=O) groups excluding carboxylic acids is 1. The fraction of sp³-hybridized carbons (Fsp3) is 0.692. The summed E-state index contributed by atoms with van der Waals surface area (Å²) in [6, 6.07) is -0.178. The van der Waals surface area contributed by atoms with Crippen molar-refractivity contribution in [2.75, 3.05) is 26.8 Å². The van der Waals surface area contributed by atoms with Crippen molar-refractivity contribution in [2.45, 2.75) is 32.7 Å². The summed E-state index contributed by atoms with van der Waals surface area (Å²) in [4.78, 5) is 16.1. The lowest BCUT2D eigenvalue weighted by Gasteiger charge is -2.13. The topological polar surface area (TPSA) is 63.2 Å². The van der Waals surface area contributed by atoms with Crippen molar-refractivity contribution in [3.63, 3.8) is 0 Å². The zero-order chi connectivity index (χ0) is 14.1. The molecule has 0 saturated carbocycles. The predicted octanol–water partition coefficient (Wildman–Crippen LogP) is 1.12. The molecule has 0 aliphatic carbocycles. The van der Waals surface area contributed by atoms with E-state index < -0.39 is 0 Å². The van der Waals surface area contributed by atoms with Crippen LogP contribution in [-0.2, 0) is 16.0 Å². The number of ether oxygens (including phenoxy) is 1. The molecule has 0 saturated heterocycles. The van der Waals surface area contributed by atoms with Crippen LogP contribution < -0.4 is 10.6 Å². The summed E-state index contributed by atoms with van der Waals surface area (Å²) in [6.07, 6.45) is 1.69. The zero-order valence-electron chi connectivity index (χ0n) is 11.9. The van der Waals surface area contributed by atoms with E-state index in [2.05, 4.69) is 21.0 Å². The van der Waals surface area contributed by atoms with E-state index in [9.17, 15) is 4.79 Å². The quantitative estimate of drug-likeness (QED) is 0.668. The molecule has 1 aromatic heterocycles. The van der Waals surface area contributed by atoms with Gasteiger partial charge in [-0.25, -0.2) is 4.98 Å². The Bertz CT molecular complexity index is 382. The summed E-state index contributed by atoms with van der Waals surface area (Å²) in [7, 11) is 1.66. The maximum Gasteiger partial charge on any atom is 0.236 e. The maximum absolute atomic E-state index is 11.7. The fourth-order valence-electron chi connectivity index (χ4n) is 1.61. The summed E-state index contributed by atoms with van der Waals surface area (Å²) >= 11 is 1.66. The number of thiazole rings is 1. The van der Waals surface area contributed by atoms with E-state index in [1.54, 1.807) is 18.4 Å². The van der Waals surface area contributed by atoms with Crippen LogP contribution in [0.2, 0.25) is 0 Å². The molecule has 0 aliphatic heterocycles. The number of hydrogen-bond acceptors (Lipinski definition) is 5. The fourth-order valence-corrected chi connectivity index (χ4v) is 2.26. The van der Waals surface area contributed by atoms with E-state index in [1.165, 1.54) is 0 Å². The Labute approximate surface area is 118 Å². The highest BCUT2D eigenvalue weighted by Crippen LogP contribution is 2.07. The third kappa shape index (κ3) is 6.66. The van der Waals surface area contributed by atoms with Crippen LogP contribution in [0.15, 0.2) is 5.38 Å². The van der Waals surface area contributed by atoms with E-state index in [4.69, 9.17) is 4.74 Å². The number of hydrogen-bond donors (Lipinski definition) is 2. The van der Waals surface area contributed by atoms with Crippen molar-refractivity contribution in [3.05, 3.63) is 16.1 Å². The molecule has 1 atom stereocenters. The molecule has 1 heterocycles. The molecule has 2 N–H and O–H groups in total. The first-order chi connectivity index (χ1) is 9.13. The Morgan fingerprint density at radius 1 is 1.53 bits per heavy atom. The molecule has 1 rings (SSSR count). The Hall–Kier alpha value is -0.980. The van der Waals surface area contributed by atoms with E-state index in [-0.39, 0.29) is 11.9 Å². The lowest BCUT2D eigenvalue weighted by molar-refractivity contribution is -0.122. The molecule has 19 heavy (non-hydrogen) atoms. The molecular weight excluding hydrogens is 262 g/mol. The molecule has 1 unspecified atom stereocenters. The summed E-state index contributed by atoms with van der Waals surface area (Å²) < 4.78 is 4.93. The van der Waals surface area contributed by atoms with Crippen LogP contribution in [0.4, 0.5) is 0 Å². The molecule has 1 amide bonds. The second-order valence-corrected chi connectivity index (χ2v) is 5.48. The monoisotopic (exact) mass is 285 g/mol. The number of nitrogens with zero attached hydrogens (tertiary/aromatic N) is 1. The molecule has 0 aromatic carbocycles. The summed E-state index contributed by atoms with van der Waals surface area (Å²) in [5.74, 6) is 0.0329. The zero-order valence-corrected chi connectivity index (χ0v) is 12.7. The minimum atomic E-state index is -0.178. The normalized spacial score (nSPS) is 12.4. The third-order valence-corrected chi connectivity index (χ3v) is 3.54. The van der Waals surface area contributed by atoms with Gasteiger partial charge in [0.05, 0.1) is 16.7 Å². The van der Waals surface area contributed by atoms with Crippen LogP contribution in [0.3, 0.4) is 0 Å². The first-order valence-electron chi connectivity index (χ1n) is 6.54. The number of aryl methyl sites for hydroxylation is 1. The lowest BCUT2D eigenvalue weighted by atomic mass is 10.2. The van der Waals surface area contributed by atoms with E-state index >= 15 is 0 Å². The van der Waals surface area contributed by atoms with Gasteiger partial charge in [0, 0.05) is 38.6 Å². The van der Waals surface area contributed by atoms with Gasteiger partial charge in [-0.3, -0.25) is 4.79 Å². The SMILES string of the molecule is COCCCNC(=O)C(C)NCCc1csc(C)n1. The van der Waals surface area contributed by atoms with E-state index in [0.29, 0.717) is 13.2 Å². The van der Waals surface area contributed by atoms with Gasteiger partial charge in [-0.15, -0.1) is 11.3 Å². The molecule has 0 spiro atoms. The lowest BCUT2D eigenvalue weighted by Crippen LogP contribution is -2.43. The number of carbonyl (C=O) groups is 1. The highest BCUT2D eigenvalue weighted by Gasteiger charge is 2.11. The largest absolute Gasteiger partial charge is 0.385 e. The molecule has 108 valence electrons. The van der Waals surface area contributed by atoms with Gasteiger partial charge in [0.2, 0.25) is 5.91 Å². The number of methoxy groups -OCH3 is 1. The van der Waals surface area contributed by atoms with E-state index in [0.717, 1.165) is 30.1 Å². The minimum absolute atomic E-state index is 0.0329. The molecule has 0 fully saturated rings. The Kier molecular flexibility index (Phi) is 7.62. The minimum Gasteiger partial charge on any atom is -0.385 e. The second kappa shape index (κ2) is 9.01. The Balaban J connectivity index is 2.12. The van der Waals surface area contributed by atoms with Crippen molar-refractivity contribution < 1.29 is 9.53 Å². The molecule has 0 radical (unpaired) electrons. The van der Waals surface area contributed by atoms with Crippen LogP contribution in [0.25, 0.3) is 0 Å². The van der Waals surface area contributed by atoms with Crippen LogP contribution in [0, 0.1) is 6.92 Å². The third-order valence-electron chi connectivity index (χ3n) is 2.72. The number of nitrogens with one attached hydrogen (secondary N) is 2. The smallest absolute Gasteiger partial charge is 0.236 e. The Morgan fingerprint density at radius 3 is 2.95 bits per heavy atom. The van der Waals surface area contributed by atoms with Crippen molar-refractivity contribution in [1.82, 2.24) is 15.6 Å². The van der Waals surface area contributed by atoms with Crippen molar-refractivity contribution >= 4 is 17.2 Å². The van der Waals surface area contributed by atoms with Gasteiger partial charge in [-0.2, -0.15) is 0 Å². The molecule has 0 aliphatic rings. The summed E-state index contributed by atoms with van der Waals surface area (Å²) in [5, 5.41) is 9.22. The summed E-state index contributed by atoms with van der Waals surface area (Å²) in [5.41, 5.74) is 1.09. The predicted molar refractivity (Wildman–Crippen MR) is 77.5 cm³/mol. The maximum atomic E-state index is 11.7. The first-order valence-corrected chi connectivity index (χ1v) is 7.42. The van der Waals surface area contributed by atoms with Crippen molar-refractivity contribution in [3.8, 4) is 0 Å².